The molecule has 4 rings (SSSR count). The van der Waals surface area contributed by atoms with Crippen molar-refractivity contribution < 1.29 is 0 Å². The fourth-order valence-corrected chi connectivity index (χ4v) is 4.95. The van der Waals surface area contributed by atoms with Crippen LogP contribution in [0.3, 0.4) is 0 Å². The van der Waals surface area contributed by atoms with Crippen LogP contribution in [0.5, 0.6) is 0 Å². The minimum atomic E-state index is 0.763. The smallest absolute Gasteiger partial charge is 0.0992 e. The molecule has 28 heavy (non-hydrogen) atoms. The predicted octanol–water partition coefficient (Wildman–Crippen LogP) is 6.31. The fourth-order valence-electron chi connectivity index (χ4n) is 3.07. The quantitative estimate of drug-likeness (QED) is 0.363. The molecule has 1 aromatic carbocycles. The van der Waals surface area contributed by atoms with Gasteiger partial charge in [-0.1, -0.05) is 29.8 Å². The number of thiazole rings is 2. The van der Waals surface area contributed by atoms with Crippen LogP contribution in [0.1, 0.15) is 32.5 Å². The highest BCUT2D eigenvalue weighted by atomic mass is 35.5. The van der Waals surface area contributed by atoms with Gasteiger partial charge in [0.15, 0.2) is 0 Å². The second-order valence-corrected chi connectivity index (χ2v) is 9.32. The van der Waals surface area contributed by atoms with Gasteiger partial charge in [0.05, 0.1) is 26.3 Å². The summed E-state index contributed by atoms with van der Waals surface area (Å²) >= 11 is 9.33. The van der Waals surface area contributed by atoms with E-state index in [9.17, 15) is 0 Å². The van der Waals surface area contributed by atoms with Gasteiger partial charge in [0.1, 0.15) is 0 Å². The summed E-state index contributed by atoms with van der Waals surface area (Å²) in [5, 5.41) is 5.07. The lowest BCUT2D eigenvalue weighted by atomic mass is 10.1. The molecule has 0 amide bonds. The van der Waals surface area contributed by atoms with Crippen molar-refractivity contribution in [1.29, 1.82) is 0 Å². The zero-order chi connectivity index (χ0) is 19.5. The Morgan fingerprint density at radius 3 is 2.36 bits per heavy atom. The van der Waals surface area contributed by atoms with Crippen molar-refractivity contribution in [2.24, 2.45) is 0 Å². The van der Waals surface area contributed by atoms with Gasteiger partial charge in [-0.25, -0.2) is 9.97 Å². The van der Waals surface area contributed by atoms with Crippen molar-refractivity contribution >= 4 is 34.3 Å². The summed E-state index contributed by atoms with van der Waals surface area (Å²) in [7, 11) is 0. The van der Waals surface area contributed by atoms with Crippen LogP contribution in [0, 0.1) is 13.8 Å². The maximum atomic E-state index is 5.94. The third kappa shape index (κ3) is 4.66. The van der Waals surface area contributed by atoms with Gasteiger partial charge < -0.3 is 0 Å². The topological polar surface area (TPSA) is 38.7 Å². The zero-order valence-electron chi connectivity index (χ0n) is 15.8. The molecule has 0 saturated heterocycles. The van der Waals surface area contributed by atoms with Crippen molar-refractivity contribution in [2.75, 3.05) is 0 Å². The number of aromatic nitrogens is 3. The van der Waals surface area contributed by atoms with Crippen LogP contribution in [-0.4, -0.2) is 15.0 Å². The minimum absolute atomic E-state index is 0.763. The van der Waals surface area contributed by atoms with Crippen LogP contribution >= 0.6 is 34.3 Å². The SMILES string of the molecule is Cc1nc(C)c(-c2csc(Cc3ccc(CCc4ccc(Cl)cc4)cn3)n2)s1. The minimum Gasteiger partial charge on any atom is -0.261 e. The molecule has 0 bridgehead atoms. The van der Waals surface area contributed by atoms with E-state index < -0.39 is 0 Å². The number of benzene rings is 1. The van der Waals surface area contributed by atoms with E-state index in [0.717, 1.165) is 51.4 Å². The molecular weight excluding hydrogens is 406 g/mol. The molecule has 0 saturated carbocycles. The second-order valence-electron chi connectivity index (χ2n) is 6.73. The first-order valence-electron chi connectivity index (χ1n) is 9.14. The molecule has 0 aliphatic heterocycles. The van der Waals surface area contributed by atoms with Gasteiger partial charge >= 0.3 is 0 Å². The summed E-state index contributed by atoms with van der Waals surface area (Å²) in [6.07, 6.45) is 4.71. The van der Waals surface area contributed by atoms with Gasteiger partial charge in [-0.3, -0.25) is 4.98 Å². The lowest BCUT2D eigenvalue weighted by Crippen LogP contribution is -1.96. The maximum Gasteiger partial charge on any atom is 0.0992 e. The fraction of sp³-hybridized carbons (Fsp3) is 0.227. The van der Waals surface area contributed by atoms with E-state index >= 15 is 0 Å². The first kappa shape index (κ1) is 19.2. The number of hydrogen-bond donors (Lipinski definition) is 0. The molecule has 3 heterocycles. The number of hydrogen-bond acceptors (Lipinski definition) is 5. The van der Waals surface area contributed by atoms with E-state index in [4.69, 9.17) is 16.6 Å². The summed E-state index contributed by atoms with van der Waals surface area (Å²) < 4.78 is 0. The van der Waals surface area contributed by atoms with Gasteiger partial charge in [0, 0.05) is 28.7 Å². The molecule has 142 valence electrons. The monoisotopic (exact) mass is 425 g/mol. The molecular formula is C22H20ClN3S2. The van der Waals surface area contributed by atoms with Gasteiger partial charge in [0.2, 0.25) is 0 Å². The predicted molar refractivity (Wildman–Crippen MR) is 119 cm³/mol. The molecule has 0 atom stereocenters. The van der Waals surface area contributed by atoms with Crippen molar-refractivity contribution in [3.05, 3.63) is 85.5 Å². The lowest BCUT2D eigenvalue weighted by molar-refractivity contribution is 0.937. The van der Waals surface area contributed by atoms with E-state index in [-0.39, 0.29) is 0 Å². The number of halogens is 1. The molecule has 0 aliphatic carbocycles. The van der Waals surface area contributed by atoms with Crippen molar-refractivity contribution in [3.63, 3.8) is 0 Å². The normalized spacial score (nSPS) is 11.1. The van der Waals surface area contributed by atoms with Crippen LogP contribution in [0.2, 0.25) is 5.02 Å². The Morgan fingerprint density at radius 2 is 1.68 bits per heavy atom. The highest BCUT2D eigenvalue weighted by Crippen LogP contribution is 2.31. The first-order chi connectivity index (χ1) is 13.6. The average molecular weight is 426 g/mol. The summed E-state index contributed by atoms with van der Waals surface area (Å²) in [4.78, 5) is 15.1. The number of nitrogens with zero attached hydrogens (tertiary/aromatic N) is 3. The number of pyridine rings is 1. The zero-order valence-corrected chi connectivity index (χ0v) is 18.2. The third-order valence-electron chi connectivity index (χ3n) is 4.52. The van der Waals surface area contributed by atoms with Crippen molar-refractivity contribution in [1.82, 2.24) is 15.0 Å². The van der Waals surface area contributed by atoms with E-state index in [0.29, 0.717) is 0 Å². The van der Waals surface area contributed by atoms with Gasteiger partial charge in [0.25, 0.3) is 0 Å². The Kier molecular flexibility index (Phi) is 5.85. The second kappa shape index (κ2) is 8.52. The van der Waals surface area contributed by atoms with Crippen molar-refractivity contribution in [3.8, 4) is 10.6 Å². The van der Waals surface area contributed by atoms with Gasteiger partial charge in [-0.2, -0.15) is 0 Å². The van der Waals surface area contributed by atoms with Crippen molar-refractivity contribution in [2.45, 2.75) is 33.1 Å². The molecule has 4 aromatic rings. The molecule has 3 aromatic heterocycles. The Morgan fingerprint density at radius 1 is 0.929 bits per heavy atom. The summed E-state index contributed by atoms with van der Waals surface area (Å²) in [6.45, 7) is 4.08. The lowest BCUT2D eigenvalue weighted by Gasteiger charge is -2.04. The highest BCUT2D eigenvalue weighted by Gasteiger charge is 2.12. The Hall–Kier alpha value is -2.08. The number of rotatable bonds is 6. The highest BCUT2D eigenvalue weighted by molar-refractivity contribution is 7.15. The van der Waals surface area contributed by atoms with E-state index in [1.54, 1.807) is 22.7 Å². The molecule has 0 radical (unpaired) electrons. The summed E-state index contributed by atoms with van der Waals surface area (Å²) in [5.41, 5.74) is 5.67. The molecule has 0 aliphatic rings. The Balaban J connectivity index is 1.38. The third-order valence-corrected chi connectivity index (χ3v) is 6.72. The van der Waals surface area contributed by atoms with Crippen LogP contribution < -0.4 is 0 Å². The van der Waals surface area contributed by atoms with Crippen LogP contribution in [0.25, 0.3) is 10.6 Å². The van der Waals surface area contributed by atoms with Gasteiger partial charge in [-0.15, -0.1) is 22.7 Å². The molecule has 0 N–H and O–H groups in total. The summed E-state index contributed by atoms with van der Waals surface area (Å²) in [6, 6.07) is 12.3. The van der Waals surface area contributed by atoms with E-state index in [2.05, 4.69) is 39.6 Å². The van der Waals surface area contributed by atoms with Crippen LogP contribution in [0.4, 0.5) is 0 Å². The molecule has 3 nitrogen and oxygen atoms in total. The molecule has 0 unspecified atom stereocenters. The Labute approximate surface area is 178 Å². The van der Waals surface area contributed by atoms with Gasteiger partial charge in [-0.05, 0) is 56.0 Å². The van der Waals surface area contributed by atoms with E-state index in [1.807, 2.05) is 32.2 Å². The molecule has 6 heteroatoms. The summed E-state index contributed by atoms with van der Waals surface area (Å²) in [5.74, 6) is 0. The molecule has 0 spiro atoms. The number of aryl methyl sites for hydroxylation is 4. The maximum absolute atomic E-state index is 5.94. The molecule has 0 fully saturated rings. The largest absolute Gasteiger partial charge is 0.261 e. The van der Waals surface area contributed by atoms with E-state index in [1.165, 1.54) is 16.0 Å². The first-order valence-corrected chi connectivity index (χ1v) is 11.2. The average Bonchev–Trinajstić information content (AvgIpc) is 3.28. The van der Waals surface area contributed by atoms with Crippen LogP contribution in [-0.2, 0) is 19.3 Å². The standard InChI is InChI=1S/C22H20ClN3S2/c1-14-22(28-15(2)25-14)20-13-27-21(26-20)11-19-10-7-17(12-24-19)4-3-16-5-8-18(23)9-6-16/h5-10,12-13H,3-4,11H2,1-2H3. The Bertz CT molecular complexity index is 1070. The van der Waals surface area contributed by atoms with Crippen LogP contribution in [0.15, 0.2) is 48.0 Å².